The Hall–Kier alpha value is -1.52. The van der Waals surface area contributed by atoms with Crippen LogP contribution in [0.15, 0.2) is 0 Å². The van der Waals surface area contributed by atoms with E-state index in [0.29, 0.717) is 12.8 Å². The number of carboxylic acid groups (broad SMARTS) is 1. The first-order valence-corrected chi connectivity index (χ1v) is 37.6. The molecule has 0 radical (unpaired) electrons. The number of phosphoric ester groups is 1. The predicted molar refractivity (Wildman–Crippen MR) is 347 cm³/mol. The minimum absolute atomic E-state index is 0.171. The van der Waals surface area contributed by atoms with Crippen molar-refractivity contribution in [2.45, 2.75) is 411 Å². The van der Waals surface area contributed by atoms with Crippen molar-refractivity contribution in [1.82, 2.24) is 0 Å². The number of unbranched alkanes of at least 4 members (excludes halogenated alkanes) is 56. The number of aliphatic carboxylic acids is 1. The fraction of sp³-hybridized carbons (Fsp3) is 0.957. The van der Waals surface area contributed by atoms with E-state index in [1.54, 1.807) is 0 Å². The quantitative estimate of drug-likeness (QED) is 0.0301. The number of rotatable bonds is 70. The molecule has 0 heterocycles. The Morgan fingerprint density at radius 3 is 0.768 bits per heavy atom. The van der Waals surface area contributed by atoms with Crippen LogP contribution in [-0.2, 0) is 37.5 Å². The molecular formula is C70H138NO10P. The van der Waals surface area contributed by atoms with E-state index in [-0.39, 0.29) is 19.4 Å². The largest absolute Gasteiger partial charge is 0.480 e. The van der Waals surface area contributed by atoms with Crippen LogP contribution in [0.1, 0.15) is 399 Å². The minimum atomic E-state index is -4.73. The van der Waals surface area contributed by atoms with Crippen LogP contribution in [0.25, 0.3) is 0 Å². The van der Waals surface area contributed by atoms with E-state index in [4.69, 9.17) is 29.4 Å². The lowest BCUT2D eigenvalue weighted by Crippen LogP contribution is -2.34. The number of phosphoric acid groups is 1. The smallest absolute Gasteiger partial charge is 0.472 e. The summed E-state index contributed by atoms with van der Waals surface area (Å²) < 4.78 is 33.1. The zero-order valence-electron chi connectivity index (χ0n) is 54.4. The molecule has 0 saturated heterocycles. The normalized spacial score (nSPS) is 13.1. The van der Waals surface area contributed by atoms with E-state index in [1.807, 2.05) is 0 Å². The third-order valence-electron chi connectivity index (χ3n) is 16.9. The number of nitrogens with two attached hydrogens (primary N) is 1. The Bertz CT molecular complexity index is 1390. The molecule has 0 bridgehead atoms. The van der Waals surface area contributed by atoms with Crippen LogP contribution in [0.2, 0.25) is 0 Å². The molecule has 82 heavy (non-hydrogen) atoms. The highest BCUT2D eigenvalue weighted by molar-refractivity contribution is 7.47. The zero-order chi connectivity index (χ0) is 59.8. The van der Waals surface area contributed by atoms with Crippen LogP contribution >= 0.6 is 7.82 Å². The van der Waals surface area contributed by atoms with Gasteiger partial charge in [-0.15, -0.1) is 0 Å². The van der Waals surface area contributed by atoms with Crippen LogP contribution in [0.4, 0.5) is 0 Å². The molecule has 0 aliphatic rings. The van der Waals surface area contributed by atoms with Crippen LogP contribution in [0.3, 0.4) is 0 Å². The second kappa shape index (κ2) is 65.5. The molecular weight excluding hydrogens is 1050 g/mol. The summed E-state index contributed by atoms with van der Waals surface area (Å²) in [6.07, 6.45) is 76.5. The lowest BCUT2D eigenvalue weighted by molar-refractivity contribution is -0.161. The first kappa shape index (κ1) is 80.5. The summed E-state index contributed by atoms with van der Waals surface area (Å²) in [5.74, 6) is -2.34. The molecule has 0 spiro atoms. The Labute approximate surface area is 507 Å². The average Bonchev–Trinajstić information content (AvgIpc) is 3.46. The summed E-state index contributed by atoms with van der Waals surface area (Å²) in [6.45, 7) is 2.92. The van der Waals surface area contributed by atoms with E-state index in [9.17, 15) is 23.8 Å². The van der Waals surface area contributed by atoms with Gasteiger partial charge in [0.05, 0.1) is 13.2 Å². The van der Waals surface area contributed by atoms with Gasteiger partial charge in [-0.2, -0.15) is 0 Å². The van der Waals surface area contributed by atoms with Crippen LogP contribution in [0.5, 0.6) is 0 Å². The Kier molecular flexibility index (Phi) is 64.2. The maximum atomic E-state index is 12.8. The first-order chi connectivity index (χ1) is 40.1. The highest BCUT2D eigenvalue weighted by atomic mass is 31.2. The zero-order valence-corrected chi connectivity index (χ0v) is 55.3. The van der Waals surface area contributed by atoms with E-state index < -0.39 is 51.1 Å². The van der Waals surface area contributed by atoms with Gasteiger partial charge in [-0.3, -0.25) is 23.4 Å². The fourth-order valence-corrected chi connectivity index (χ4v) is 12.1. The molecule has 488 valence electrons. The van der Waals surface area contributed by atoms with Crippen molar-refractivity contribution >= 4 is 25.7 Å². The van der Waals surface area contributed by atoms with Gasteiger partial charge in [0.25, 0.3) is 0 Å². The molecule has 0 aliphatic carbocycles. The van der Waals surface area contributed by atoms with Crippen molar-refractivity contribution in [2.24, 2.45) is 5.73 Å². The second-order valence-electron chi connectivity index (χ2n) is 25.1. The molecule has 3 atom stereocenters. The summed E-state index contributed by atoms with van der Waals surface area (Å²) in [5, 5.41) is 8.98. The second-order valence-corrected chi connectivity index (χ2v) is 26.6. The maximum absolute atomic E-state index is 12.8. The average molecular weight is 1180 g/mol. The number of carbonyl (C=O) groups excluding carboxylic acids is 2. The standard InChI is InChI=1S/C70H138NO10P/c1-3-5-7-9-11-13-15-17-19-21-23-25-27-29-31-33-35-37-39-41-43-45-47-49-51-53-55-57-59-61-68(72)78-63-66(64-79-82(76,77)80-65-67(71)70(74)75)81-69(73)62-60-58-56-54-52-50-48-46-44-42-40-38-36-34-32-30-28-26-24-22-20-18-16-14-12-10-8-6-4-2/h66-67H,3-65,71H2,1-2H3,(H,74,75)(H,76,77)/t66-,67+/m1/s1. The monoisotopic (exact) mass is 1180 g/mol. The molecule has 0 aromatic heterocycles. The van der Waals surface area contributed by atoms with Crippen molar-refractivity contribution in [2.75, 3.05) is 19.8 Å². The lowest BCUT2D eigenvalue weighted by Gasteiger charge is -2.20. The Morgan fingerprint density at radius 1 is 0.329 bits per heavy atom. The minimum Gasteiger partial charge on any atom is -0.480 e. The molecule has 0 fully saturated rings. The predicted octanol–water partition coefficient (Wildman–Crippen LogP) is 22.4. The number of carbonyl (C=O) groups is 3. The fourth-order valence-electron chi connectivity index (χ4n) is 11.3. The van der Waals surface area contributed by atoms with Gasteiger partial charge in [-0.1, -0.05) is 373 Å². The third kappa shape index (κ3) is 64.5. The molecule has 0 rings (SSSR count). The van der Waals surface area contributed by atoms with Crippen LogP contribution in [-0.4, -0.2) is 59.9 Å². The van der Waals surface area contributed by atoms with Gasteiger partial charge in [0.15, 0.2) is 6.10 Å². The third-order valence-corrected chi connectivity index (χ3v) is 17.8. The van der Waals surface area contributed by atoms with Crippen molar-refractivity contribution in [3.8, 4) is 0 Å². The van der Waals surface area contributed by atoms with E-state index >= 15 is 0 Å². The lowest BCUT2D eigenvalue weighted by atomic mass is 10.0. The summed E-state index contributed by atoms with van der Waals surface area (Å²) >= 11 is 0. The Balaban J connectivity index is 3.95. The maximum Gasteiger partial charge on any atom is 0.472 e. The van der Waals surface area contributed by atoms with Crippen molar-refractivity contribution in [1.29, 1.82) is 0 Å². The molecule has 11 nitrogen and oxygen atoms in total. The summed E-state index contributed by atoms with van der Waals surface area (Å²) in [5.41, 5.74) is 5.39. The molecule has 0 saturated carbocycles. The van der Waals surface area contributed by atoms with Crippen molar-refractivity contribution in [3.63, 3.8) is 0 Å². The van der Waals surface area contributed by atoms with Gasteiger partial charge in [0.1, 0.15) is 12.6 Å². The van der Waals surface area contributed by atoms with Gasteiger partial charge < -0.3 is 25.2 Å². The highest BCUT2D eigenvalue weighted by Crippen LogP contribution is 2.43. The van der Waals surface area contributed by atoms with Gasteiger partial charge in [-0.25, -0.2) is 4.57 Å². The first-order valence-electron chi connectivity index (χ1n) is 36.1. The number of ether oxygens (including phenoxy) is 2. The van der Waals surface area contributed by atoms with E-state index in [0.717, 1.165) is 38.5 Å². The number of carboxylic acids is 1. The summed E-state index contributed by atoms with van der Waals surface area (Å²) in [4.78, 5) is 46.6. The molecule has 0 aromatic carbocycles. The topological polar surface area (TPSA) is 172 Å². The molecule has 0 amide bonds. The molecule has 0 aromatic rings. The summed E-state index contributed by atoms with van der Waals surface area (Å²) in [6, 6.07) is -1.52. The molecule has 1 unspecified atom stereocenters. The highest BCUT2D eigenvalue weighted by Gasteiger charge is 2.28. The van der Waals surface area contributed by atoms with Gasteiger partial charge in [0, 0.05) is 12.8 Å². The SMILES string of the molecule is CCCCCCCCCCCCCCCCCCCCCCCCCCCCCCCC(=O)OC[C@H](COP(=O)(O)OC[C@H](N)C(=O)O)OC(=O)CCCCCCCCCCCCCCCCCCCCCCCCCCCCCCC. The van der Waals surface area contributed by atoms with Gasteiger partial charge >= 0.3 is 25.7 Å². The van der Waals surface area contributed by atoms with Crippen molar-refractivity contribution in [3.05, 3.63) is 0 Å². The van der Waals surface area contributed by atoms with Crippen LogP contribution in [0, 0.1) is 0 Å². The van der Waals surface area contributed by atoms with Gasteiger partial charge in [-0.05, 0) is 12.8 Å². The number of hydrogen-bond acceptors (Lipinski definition) is 9. The summed E-state index contributed by atoms with van der Waals surface area (Å²) in [7, 11) is -4.73. The van der Waals surface area contributed by atoms with Gasteiger partial charge in [0.2, 0.25) is 0 Å². The van der Waals surface area contributed by atoms with E-state index in [2.05, 4.69) is 13.8 Å². The van der Waals surface area contributed by atoms with Crippen LogP contribution < -0.4 is 5.73 Å². The molecule has 12 heteroatoms. The Morgan fingerprint density at radius 2 is 0.537 bits per heavy atom. The van der Waals surface area contributed by atoms with Crippen molar-refractivity contribution < 1.29 is 47.5 Å². The number of esters is 2. The molecule has 4 N–H and O–H groups in total. The van der Waals surface area contributed by atoms with E-state index in [1.165, 1.54) is 321 Å². The number of hydrogen-bond donors (Lipinski definition) is 3. The molecule has 0 aliphatic heterocycles.